The van der Waals surface area contributed by atoms with Gasteiger partial charge in [-0.05, 0) is 18.3 Å². The van der Waals surface area contributed by atoms with Crippen LogP contribution in [-0.2, 0) is 4.79 Å². The monoisotopic (exact) mass is 265 g/mol. The Kier molecular flexibility index (Phi) is 6.86. The van der Waals surface area contributed by atoms with E-state index >= 15 is 0 Å². The first kappa shape index (κ1) is 16.0. The number of carbonyl (C=O) groups excluding carboxylic acids is 1. The van der Waals surface area contributed by atoms with Crippen molar-refractivity contribution in [3.63, 3.8) is 0 Å². The molecule has 0 aromatic rings. The summed E-state index contributed by atoms with van der Waals surface area (Å²) in [6, 6.07) is 2.62. The molecule has 1 aliphatic carbocycles. The Morgan fingerprint density at radius 3 is 2.84 bits per heavy atom. The summed E-state index contributed by atoms with van der Waals surface area (Å²) in [5.41, 5.74) is 0. The first-order valence-electron chi connectivity index (χ1n) is 7.40. The van der Waals surface area contributed by atoms with Crippen molar-refractivity contribution >= 4 is 5.91 Å². The molecule has 19 heavy (non-hydrogen) atoms. The first-order valence-corrected chi connectivity index (χ1v) is 7.40. The summed E-state index contributed by atoms with van der Waals surface area (Å²) in [5.74, 6) is 1.60. The van der Waals surface area contributed by atoms with Crippen LogP contribution in [0.1, 0.15) is 46.0 Å². The van der Waals surface area contributed by atoms with Gasteiger partial charge in [0, 0.05) is 32.6 Å². The maximum Gasteiger partial charge on any atom is 0.223 e. The van der Waals surface area contributed by atoms with Gasteiger partial charge in [0.15, 0.2) is 0 Å². The van der Waals surface area contributed by atoms with Crippen LogP contribution in [0.2, 0.25) is 0 Å². The van der Waals surface area contributed by atoms with Crippen LogP contribution in [0.15, 0.2) is 0 Å². The Morgan fingerprint density at radius 1 is 1.42 bits per heavy atom. The summed E-state index contributed by atoms with van der Waals surface area (Å²) < 4.78 is 0. The second-order valence-corrected chi connectivity index (χ2v) is 5.80. The lowest BCUT2D eigenvalue weighted by Crippen LogP contribution is -2.42. The van der Waals surface area contributed by atoms with Gasteiger partial charge in [0.1, 0.15) is 0 Å². The first-order chi connectivity index (χ1) is 9.06. The maximum absolute atomic E-state index is 11.8. The van der Waals surface area contributed by atoms with Gasteiger partial charge in [-0.3, -0.25) is 4.79 Å². The van der Waals surface area contributed by atoms with Crippen molar-refractivity contribution in [1.82, 2.24) is 10.2 Å². The highest BCUT2D eigenvalue weighted by Gasteiger charge is 2.26. The van der Waals surface area contributed by atoms with Crippen LogP contribution in [0.4, 0.5) is 0 Å². The van der Waals surface area contributed by atoms with Gasteiger partial charge < -0.3 is 10.2 Å². The van der Waals surface area contributed by atoms with E-state index in [1.807, 2.05) is 0 Å². The fourth-order valence-corrected chi connectivity index (χ4v) is 2.77. The van der Waals surface area contributed by atoms with Gasteiger partial charge in [-0.2, -0.15) is 5.26 Å². The van der Waals surface area contributed by atoms with E-state index in [1.54, 1.807) is 11.9 Å². The summed E-state index contributed by atoms with van der Waals surface area (Å²) in [7, 11) is 1.77. The highest BCUT2D eigenvalue weighted by atomic mass is 16.2. The van der Waals surface area contributed by atoms with Gasteiger partial charge in [-0.1, -0.05) is 26.7 Å². The molecule has 108 valence electrons. The van der Waals surface area contributed by atoms with Crippen molar-refractivity contribution in [2.45, 2.75) is 52.0 Å². The second-order valence-electron chi connectivity index (χ2n) is 5.80. The molecule has 1 rings (SSSR count). The minimum Gasteiger partial charge on any atom is -0.345 e. The number of nitriles is 1. The number of hydrogen-bond acceptors (Lipinski definition) is 3. The normalized spacial score (nSPS) is 26.7. The molecule has 1 fully saturated rings. The molecule has 0 heterocycles. The summed E-state index contributed by atoms with van der Waals surface area (Å²) in [4.78, 5) is 13.5. The van der Waals surface area contributed by atoms with Crippen molar-refractivity contribution in [2.24, 2.45) is 11.8 Å². The van der Waals surface area contributed by atoms with Crippen molar-refractivity contribution in [3.05, 3.63) is 0 Å². The Labute approximate surface area is 117 Å². The minimum absolute atomic E-state index is 0.124. The Bertz CT molecular complexity index is 324. The lowest BCUT2D eigenvalue weighted by atomic mass is 9.78. The molecule has 3 atom stereocenters. The zero-order chi connectivity index (χ0) is 14.3. The van der Waals surface area contributed by atoms with E-state index in [0.717, 1.165) is 12.5 Å². The van der Waals surface area contributed by atoms with E-state index < -0.39 is 0 Å². The molecule has 4 nitrogen and oxygen atoms in total. The molecule has 1 saturated carbocycles. The summed E-state index contributed by atoms with van der Waals surface area (Å²) in [6.07, 6.45) is 4.78. The number of nitrogens with one attached hydrogen (secondary N) is 1. The van der Waals surface area contributed by atoms with Crippen LogP contribution in [0.25, 0.3) is 0 Å². The summed E-state index contributed by atoms with van der Waals surface area (Å²) in [6.45, 7) is 5.91. The van der Waals surface area contributed by atoms with Gasteiger partial charge in [0.05, 0.1) is 12.5 Å². The fraction of sp³-hybridized carbons (Fsp3) is 0.867. The number of nitrogens with zero attached hydrogens (tertiary/aromatic N) is 2. The van der Waals surface area contributed by atoms with E-state index in [-0.39, 0.29) is 5.91 Å². The average Bonchev–Trinajstić information content (AvgIpc) is 2.40. The zero-order valence-electron chi connectivity index (χ0n) is 12.5. The molecule has 0 saturated heterocycles. The molecule has 0 aromatic heterocycles. The molecule has 0 spiro atoms. The molecular formula is C15H27N3O. The molecule has 1 N–H and O–H groups in total. The molecule has 4 heteroatoms. The van der Waals surface area contributed by atoms with Gasteiger partial charge in [-0.15, -0.1) is 0 Å². The third kappa shape index (κ3) is 5.20. The topological polar surface area (TPSA) is 56.1 Å². The van der Waals surface area contributed by atoms with Crippen LogP contribution >= 0.6 is 0 Å². The summed E-state index contributed by atoms with van der Waals surface area (Å²) in [5, 5.41) is 12.0. The highest BCUT2D eigenvalue weighted by Crippen LogP contribution is 2.29. The summed E-state index contributed by atoms with van der Waals surface area (Å²) >= 11 is 0. The van der Waals surface area contributed by atoms with E-state index in [2.05, 4.69) is 25.2 Å². The van der Waals surface area contributed by atoms with Gasteiger partial charge in [-0.25, -0.2) is 0 Å². The van der Waals surface area contributed by atoms with Crippen LogP contribution in [0.3, 0.4) is 0 Å². The van der Waals surface area contributed by atoms with E-state index in [0.29, 0.717) is 31.3 Å². The quantitative estimate of drug-likeness (QED) is 0.800. The SMILES string of the molecule is CC1CCCC(NCCC(=O)N(C)CCC#N)C1C. The smallest absolute Gasteiger partial charge is 0.223 e. The van der Waals surface area contributed by atoms with Gasteiger partial charge >= 0.3 is 0 Å². The lowest BCUT2D eigenvalue weighted by molar-refractivity contribution is -0.129. The Balaban J connectivity index is 2.22. The molecule has 0 bridgehead atoms. The molecule has 0 aliphatic heterocycles. The van der Waals surface area contributed by atoms with Crippen molar-refractivity contribution in [3.8, 4) is 6.07 Å². The zero-order valence-corrected chi connectivity index (χ0v) is 12.5. The number of hydrogen-bond donors (Lipinski definition) is 1. The molecular weight excluding hydrogens is 238 g/mol. The minimum atomic E-state index is 0.124. The Morgan fingerprint density at radius 2 is 2.16 bits per heavy atom. The number of rotatable bonds is 6. The van der Waals surface area contributed by atoms with Gasteiger partial charge in [0.25, 0.3) is 0 Å². The van der Waals surface area contributed by atoms with Crippen LogP contribution in [0, 0.1) is 23.2 Å². The fourth-order valence-electron chi connectivity index (χ4n) is 2.77. The molecule has 0 radical (unpaired) electrons. The molecule has 3 unspecified atom stereocenters. The van der Waals surface area contributed by atoms with E-state index in [1.165, 1.54) is 19.3 Å². The van der Waals surface area contributed by atoms with Crippen molar-refractivity contribution in [1.29, 1.82) is 5.26 Å². The van der Waals surface area contributed by atoms with Crippen molar-refractivity contribution in [2.75, 3.05) is 20.1 Å². The molecule has 1 amide bonds. The predicted molar refractivity (Wildman–Crippen MR) is 76.5 cm³/mol. The number of amides is 1. The second kappa shape index (κ2) is 8.16. The largest absolute Gasteiger partial charge is 0.345 e. The van der Waals surface area contributed by atoms with Gasteiger partial charge in [0.2, 0.25) is 5.91 Å². The maximum atomic E-state index is 11.8. The van der Waals surface area contributed by atoms with Crippen LogP contribution in [-0.4, -0.2) is 37.0 Å². The van der Waals surface area contributed by atoms with Crippen LogP contribution < -0.4 is 5.32 Å². The van der Waals surface area contributed by atoms with E-state index in [4.69, 9.17) is 5.26 Å². The van der Waals surface area contributed by atoms with Crippen molar-refractivity contribution < 1.29 is 4.79 Å². The standard InChI is InChI=1S/C15H27N3O/c1-12-6-4-7-14(13(12)2)17-10-8-15(19)18(3)11-5-9-16/h12-14,17H,4-8,10-11H2,1-3H3. The lowest BCUT2D eigenvalue weighted by Gasteiger charge is -2.34. The Hall–Kier alpha value is -1.08. The average molecular weight is 265 g/mol. The van der Waals surface area contributed by atoms with E-state index in [9.17, 15) is 4.79 Å². The molecule has 1 aliphatic rings. The highest BCUT2D eigenvalue weighted by molar-refractivity contribution is 5.76. The predicted octanol–water partition coefficient (Wildman–Crippen LogP) is 2.16. The molecule has 0 aromatic carbocycles. The third-order valence-corrected chi connectivity index (χ3v) is 4.44. The van der Waals surface area contributed by atoms with Crippen LogP contribution in [0.5, 0.6) is 0 Å². The number of carbonyl (C=O) groups is 1. The third-order valence-electron chi connectivity index (χ3n) is 4.44.